The van der Waals surface area contributed by atoms with E-state index < -0.39 is 17.5 Å². The van der Waals surface area contributed by atoms with Crippen LogP contribution in [0, 0.1) is 23.4 Å². The lowest BCUT2D eigenvalue weighted by Gasteiger charge is -2.32. The Balaban J connectivity index is 1.78. The highest BCUT2D eigenvalue weighted by Gasteiger charge is 2.29. The highest BCUT2D eigenvalue weighted by Crippen LogP contribution is 2.33. The summed E-state index contributed by atoms with van der Waals surface area (Å²) in [7, 11) is 0. The van der Waals surface area contributed by atoms with Gasteiger partial charge in [0.15, 0.2) is 0 Å². The van der Waals surface area contributed by atoms with E-state index >= 15 is 0 Å². The first-order chi connectivity index (χ1) is 15.0. The summed E-state index contributed by atoms with van der Waals surface area (Å²) in [5.41, 5.74) is 6.69. The van der Waals surface area contributed by atoms with Crippen molar-refractivity contribution in [2.24, 2.45) is 17.5 Å². The highest BCUT2D eigenvalue weighted by atomic mass is 19.1. The normalized spacial score (nSPS) is 15.6. The summed E-state index contributed by atoms with van der Waals surface area (Å²) in [4.78, 5) is 4.12. The molecule has 10 heteroatoms. The lowest BCUT2D eigenvalue weighted by atomic mass is 9.94. The molecule has 3 aromatic rings. The van der Waals surface area contributed by atoms with Crippen LogP contribution in [-0.4, -0.2) is 23.4 Å². The maximum absolute atomic E-state index is 14.4. The molecule has 162 valence electrons. The van der Waals surface area contributed by atoms with Gasteiger partial charge in [0.2, 0.25) is 5.82 Å². The third-order valence-electron chi connectivity index (χ3n) is 5.08. The van der Waals surface area contributed by atoms with E-state index in [2.05, 4.69) is 10.1 Å². The molecular formula is C21H20F3N5O2. The van der Waals surface area contributed by atoms with E-state index in [4.69, 9.17) is 20.8 Å². The fourth-order valence-electron chi connectivity index (χ4n) is 3.51. The number of para-hydroxylation sites is 1. The van der Waals surface area contributed by atoms with E-state index in [1.807, 2.05) is 0 Å². The minimum Gasteiger partial charge on any atom is -0.393 e. The molecule has 1 aliphatic rings. The van der Waals surface area contributed by atoms with Gasteiger partial charge < -0.3 is 15.0 Å². The Bertz CT molecular complexity index is 1110. The number of aromatic nitrogens is 2. The molecule has 0 unspecified atom stereocenters. The predicted molar refractivity (Wildman–Crippen MR) is 107 cm³/mol. The molecule has 4 rings (SSSR count). The molecule has 1 aliphatic heterocycles. The van der Waals surface area contributed by atoms with E-state index in [9.17, 15) is 13.2 Å². The van der Waals surface area contributed by atoms with Gasteiger partial charge in [-0.3, -0.25) is 5.01 Å². The molecule has 1 fully saturated rings. The average molecular weight is 431 g/mol. The van der Waals surface area contributed by atoms with Crippen LogP contribution in [0.25, 0.3) is 17.1 Å². The first-order valence-corrected chi connectivity index (χ1v) is 9.62. The highest BCUT2D eigenvalue weighted by molar-refractivity contribution is 5.68. The number of anilines is 1. The molecule has 1 aromatic heterocycles. The molecule has 0 saturated carbocycles. The summed E-state index contributed by atoms with van der Waals surface area (Å²) in [6.45, 7) is 0.965. The lowest BCUT2D eigenvalue weighted by Crippen LogP contribution is -2.38. The number of halogens is 3. The van der Waals surface area contributed by atoms with Crippen LogP contribution in [0.3, 0.4) is 0 Å². The average Bonchev–Trinajstić information content (AvgIpc) is 3.26. The lowest BCUT2D eigenvalue weighted by molar-refractivity contribution is 0.0751. The zero-order valence-corrected chi connectivity index (χ0v) is 16.4. The maximum Gasteiger partial charge on any atom is 0.275 e. The van der Waals surface area contributed by atoms with E-state index in [-0.39, 0.29) is 34.6 Å². The third kappa shape index (κ3) is 4.25. The van der Waals surface area contributed by atoms with Crippen molar-refractivity contribution in [3.63, 3.8) is 0 Å². The molecule has 7 nitrogen and oxygen atoms in total. The Kier molecular flexibility index (Phi) is 5.92. The largest absolute Gasteiger partial charge is 0.393 e. The van der Waals surface area contributed by atoms with Crippen LogP contribution in [0.2, 0.25) is 0 Å². The van der Waals surface area contributed by atoms with Gasteiger partial charge in [-0.2, -0.15) is 4.98 Å². The topological polar surface area (TPSA) is 103 Å². The predicted octanol–water partition coefficient (Wildman–Crippen LogP) is 3.59. The Morgan fingerprint density at radius 2 is 1.77 bits per heavy atom. The van der Waals surface area contributed by atoms with Gasteiger partial charge in [-0.05, 0) is 43.2 Å². The van der Waals surface area contributed by atoms with Crippen LogP contribution in [0.4, 0.5) is 18.9 Å². The van der Waals surface area contributed by atoms with Crippen LogP contribution >= 0.6 is 0 Å². The number of nitrogens with zero attached hydrogens (tertiary/aromatic N) is 3. The van der Waals surface area contributed by atoms with Gasteiger partial charge in [0, 0.05) is 19.1 Å². The van der Waals surface area contributed by atoms with Crippen LogP contribution in [0.5, 0.6) is 0 Å². The smallest absolute Gasteiger partial charge is 0.275 e. The minimum absolute atomic E-state index is 0.0215. The Labute approximate surface area is 176 Å². The second-order valence-electron chi connectivity index (χ2n) is 7.05. The molecule has 0 aliphatic carbocycles. The van der Waals surface area contributed by atoms with E-state index in [0.717, 1.165) is 23.2 Å². The molecule has 0 spiro atoms. The van der Waals surface area contributed by atoms with Crippen molar-refractivity contribution in [2.75, 3.05) is 18.2 Å². The minimum atomic E-state index is -0.715. The molecule has 1 saturated heterocycles. The zero-order chi connectivity index (χ0) is 22.0. The molecule has 0 radical (unpaired) electrons. The summed E-state index contributed by atoms with van der Waals surface area (Å²) in [6, 6.07) is 8.90. The van der Waals surface area contributed by atoms with Crippen molar-refractivity contribution in [3.05, 3.63) is 71.5 Å². The fourth-order valence-corrected chi connectivity index (χ4v) is 3.51. The van der Waals surface area contributed by atoms with Gasteiger partial charge in [-0.15, -0.1) is 0 Å². The molecule has 2 aromatic carbocycles. The van der Waals surface area contributed by atoms with Gasteiger partial charge in [-0.25, -0.2) is 19.0 Å². The summed E-state index contributed by atoms with van der Waals surface area (Å²) in [5, 5.41) is 4.88. The number of nitrogens with two attached hydrogens (primary N) is 2. The number of allylic oxidation sites excluding steroid dienone is 1. The van der Waals surface area contributed by atoms with Gasteiger partial charge in [0.25, 0.3) is 5.89 Å². The SMILES string of the molecule is N/C(=C(/C1CCOCC1)N(N)c1ccccc1F)c1nc(-c2cc(F)ccc2F)no1. The quantitative estimate of drug-likeness (QED) is 0.470. The van der Waals surface area contributed by atoms with Crippen LogP contribution in [0.15, 0.2) is 52.7 Å². The molecule has 0 amide bonds. The zero-order valence-electron chi connectivity index (χ0n) is 16.4. The van der Waals surface area contributed by atoms with Crippen LogP contribution in [0.1, 0.15) is 18.7 Å². The standard InChI is InChI=1S/C21H20F3N5O2/c22-13-5-6-15(23)14(11-13)20-27-21(31-28-20)18(25)19(12-7-9-30-10-8-12)29(26)17-4-2-1-3-16(17)24/h1-6,11-12H,7-10,25-26H2/b19-18-. The number of hydrogen-bond donors (Lipinski definition) is 2. The van der Waals surface area contributed by atoms with Crippen LogP contribution < -0.4 is 16.6 Å². The van der Waals surface area contributed by atoms with Gasteiger partial charge in [0.05, 0.1) is 16.9 Å². The molecule has 0 bridgehead atoms. The Hall–Kier alpha value is -3.37. The fraction of sp³-hybridized carbons (Fsp3) is 0.238. The molecule has 2 heterocycles. The van der Waals surface area contributed by atoms with E-state index in [1.54, 1.807) is 12.1 Å². The van der Waals surface area contributed by atoms with Crippen molar-refractivity contribution in [1.82, 2.24) is 10.1 Å². The van der Waals surface area contributed by atoms with Crippen molar-refractivity contribution >= 4 is 11.4 Å². The number of rotatable bonds is 5. The third-order valence-corrected chi connectivity index (χ3v) is 5.08. The summed E-state index contributed by atoms with van der Waals surface area (Å²) >= 11 is 0. The van der Waals surface area contributed by atoms with Crippen molar-refractivity contribution in [2.45, 2.75) is 12.8 Å². The Morgan fingerprint density at radius 1 is 1.03 bits per heavy atom. The summed E-state index contributed by atoms with van der Waals surface area (Å²) < 4.78 is 52.7. The van der Waals surface area contributed by atoms with Gasteiger partial charge in [-0.1, -0.05) is 17.3 Å². The summed E-state index contributed by atoms with van der Waals surface area (Å²) in [5.74, 6) is 3.92. The number of ether oxygens (including phenoxy) is 1. The van der Waals surface area contributed by atoms with Crippen LogP contribution in [-0.2, 0) is 4.74 Å². The number of benzene rings is 2. The van der Waals surface area contributed by atoms with E-state index in [1.165, 1.54) is 12.1 Å². The second kappa shape index (κ2) is 8.78. The summed E-state index contributed by atoms with van der Waals surface area (Å²) in [6.07, 6.45) is 1.19. The monoisotopic (exact) mass is 431 g/mol. The number of hydrogen-bond acceptors (Lipinski definition) is 7. The van der Waals surface area contributed by atoms with Crippen molar-refractivity contribution in [1.29, 1.82) is 0 Å². The number of hydrazine groups is 1. The van der Waals surface area contributed by atoms with Gasteiger partial charge >= 0.3 is 0 Å². The first-order valence-electron chi connectivity index (χ1n) is 9.62. The van der Waals surface area contributed by atoms with Crippen molar-refractivity contribution < 1.29 is 22.4 Å². The maximum atomic E-state index is 14.4. The molecule has 4 N–H and O–H groups in total. The second-order valence-corrected chi connectivity index (χ2v) is 7.05. The molecule has 31 heavy (non-hydrogen) atoms. The first kappa shape index (κ1) is 20.9. The Morgan fingerprint density at radius 3 is 2.52 bits per heavy atom. The van der Waals surface area contributed by atoms with Crippen molar-refractivity contribution in [3.8, 4) is 11.4 Å². The molecule has 0 atom stereocenters. The molecular weight excluding hydrogens is 411 g/mol. The van der Waals surface area contributed by atoms with Gasteiger partial charge in [0.1, 0.15) is 23.1 Å². The van der Waals surface area contributed by atoms with E-state index in [0.29, 0.717) is 31.8 Å².